The van der Waals surface area contributed by atoms with Gasteiger partial charge in [-0.15, -0.1) is 0 Å². The number of benzene rings is 3. The molecule has 2 amide bonds. The lowest BCUT2D eigenvalue weighted by Crippen LogP contribution is -2.28. The zero-order valence-corrected chi connectivity index (χ0v) is 22.0. The second-order valence-electron chi connectivity index (χ2n) is 7.79. The summed E-state index contributed by atoms with van der Waals surface area (Å²) < 4.78 is 11.9. The molecule has 4 rings (SSSR count). The van der Waals surface area contributed by atoms with Crippen LogP contribution in [-0.2, 0) is 9.59 Å². The van der Waals surface area contributed by atoms with E-state index in [-0.39, 0.29) is 18.4 Å². The molecule has 0 spiro atoms. The van der Waals surface area contributed by atoms with Gasteiger partial charge < -0.3 is 14.8 Å². The van der Waals surface area contributed by atoms with Gasteiger partial charge in [0.1, 0.15) is 0 Å². The van der Waals surface area contributed by atoms with E-state index in [1.54, 1.807) is 53.4 Å². The van der Waals surface area contributed by atoms with E-state index in [1.165, 1.54) is 11.8 Å². The van der Waals surface area contributed by atoms with E-state index in [9.17, 15) is 9.59 Å². The van der Waals surface area contributed by atoms with Crippen molar-refractivity contribution in [1.29, 1.82) is 0 Å². The zero-order valence-electron chi connectivity index (χ0n) is 19.6. The smallest absolute Gasteiger partial charge is 0.270 e. The molecule has 1 aliphatic heterocycles. The molecule has 1 heterocycles. The van der Waals surface area contributed by atoms with Gasteiger partial charge in [0.2, 0.25) is 0 Å². The molecule has 0 radical (unpaired) electrons. The summed E-state index contributed by atoms with van der Waals surface area (Å²) in [6, 6.07) is 19.7. The van der Waals surface area contributed by atoms with Crippen molar-refractivity contribution in [2.45, 2.75) is 13.8 Å². The third-order valence-electron chi connectivity index (χ3n) is 5.20. The van der Waals surface area contributed by atoms with Crippen molar-refractivity contribution >= 4 is 69.2 Å². The quantitative estimate of drug-likeness (QED) is 0.262. The molecule has 0 aliphatic carbocycles. The minimum atomic E-state index is -0.316. The molecule has 3 aromatic rings. The number of nitrogens with one attached hydrogen (secondary N) is 1. The summed E-state index contributed by atoms with van der Waals surface area (Å²) in [7, 11) is 0. The molecule has 0 aromatic heterocycles. The number of carbonyl (C=O) groups excluding carboxylic acids is 2. The van der Waals surface area contributed by atoms with Gasteiger partial charge in [0.25, 0.3) is 11.8 Å². The first-order valence-electron chi connectivity index (χ1n) is 11.1. The van der Waals surface area contributed by atoms with Gasteiger partial charge in [0, 0.05) is 10.7 Å². The monoisotopic (exact) mass is 538 g/mol. The Hall–Kier alpha value is -3.33. The van der Waals surface area contributed by atoms with Crippen LogP contribution in [0.1, 0.15) is 18.1 Å². The Bertz CT molecular complexity index is 1340. The van der Waals surface area contributed by atoms with E-state index in [0.717, 1.165) is 16.8 Å². The number of hydrogen-bond acceptors (Lipinski definition) is 6. The molecule has 1 fully saturated rings. The Balaban J connectivity index is 1.48. The first kappa shape index (κ1) is 25.8. The number of hydrogen-bond donors (Lipinski definition) is 1. The number of amides is 2. The summed E-state index contributed by atoms with van der Waals surface area (Å²) in [6.45, 7) is 4.01. The lowest BCUT2D eigenvalue weighted by molar-refractivity contribution is -0.118. The molecule has 1 saturated heterocycles. The summed E-state index contributed by atoms with van der Waals surface area (Å²) in [6.07, 6.45) is 1.77. The molecule has 0 unspecified atom stereocenters. The molecule has 36 heavy (non-hydrogen) atoms. The normalized spacial score (nSPS) is 14.3. The fraction of sp³-hybridized carbons (Fsp3) is 0.148. The first-order chi connectivity index (χ1) is 17.4. The lowest BCUT2D eigenvalue weighted by Gasteiger charge is -2.16. The van der Waals surface area contributed by atoms with Crippen LogP contribution in [0, 0.1) is 6.92 Å². The molecule has 0 bridgehead atoms. The molecule has 1 aliphatic rings. The van der Waals surface area contributed by atoms with Gasteiger partial charge in [-0.25, -0.2) is 0 Å². The Kier molecular flexibility index (Phi) is 8.30. The van der Waals surface area contributed by atoms with Crippen molar-refractivity contribution in [1.82, 2.24) is 0 Å². The number of anilines is 2. The average molecular weight is 539 g/mol. The minimum absolute atomic E-state index is 0.170. The third kappa shape index (κ3) is 6.07. The second kappa shape index (κ2) is 11.6. The molecule has 9 heteroatoms. The lowest BCUT2D eigenvalue weighted by atomic mass is 10.1. The maximum atomic E-state index is 13.1. The van der Waals surface area contributed by atoms with E-state index >= 15 is 0 Å². The predicted octanol–water partition coefficient (Wildman–Crippen LogP) is 6.47. The van der Waals surface area contributed by atoms with Crippen LogP contribution in [0.25, 0.3) is 6.08 Å². The SMILES string of the molecule is CCOc1cc(/C=C2\SC(=S)N(c3ccccc3C)C2=O)ccc1OCC(=O)Nc1ccc(Cl)cc1. The van der Waals surface area contributed by atoms with Crippen LogP contribution in [0.4, 0.5) is 11.4 Å². The maximum absolute atomic E-state index is 13.1. The van der Waals surface area contributed by atoms with Crippen LogP contribution in [0.2, 0.25) is 5.02 Å². The van der Waals surface area contributed by atoms with Crippen LogP contribution >= 0.6 is 35.6 Å². The number of thiocarbonyl (C=S) groups is 1. The average Bonchev–Trinajstić information content (AvgIpc) is 3.13. The number of carbonyl (C=O) groups is 2. The van der Waals surface area contributed by atoms with Crippen LogP contribution in [-0.4, -0.2) is 29.3 Å². The minimum Gasteiger partial charge on any atom is -0.490 e. The van der Waals surface area contributed by atoms with Crippen LogP contribution in [0.5, 0.6) is 11.5 Å². The van der Waals surface area contributed by atoms with Crippen molar-refractivity contribution in [2.24, 2.45) is 0 Å². The highest BCUT2D eigenvalue weighted by Crippen LogP contribution is 2.38. The third-order valence-corrected chi connectivity index (χ3v) is 6.76. The van der Waals surface area contributed by atoms with Gasteiger partial charge in [-0.2, -0.15) is 0 Å². The van der Waals surface area contributed by atoms with Gasteiger partial charge in [-0.3, -0.25) is 14.5 Å². The van der Waals surface area contributed by atoms with Crippen LogP contribution in [0.15, 0.2) is 71.6 Å². The molecular weight excluding hydrogens is 516 g/mol. The zero-order chi connectivity index (χ0) is 25.7. The van der Waals surface area contributed by atoms with Gasteiger partial charge in [0.15, 0.2) is 22.4 Å². The summed E-state index contributed by atoms with van der Waals surface area (Å²) in [5.74, 6) is 0.410. The second-order valence-corrected chi connectivity index (χ2v) is 9.90. The van der Waals surface area contributed by atoms with Gasteiger partial charge in [-0.1, -0.05) is 59.8 Å². The van der Waals surface area contributed by atoms with E-state index in [1.807, 2.05) is 38.1 Å². The van der Waals surface area contributed by atoms with Gasteiger partial charge in [0.05, 0.1) is 17.2 Å². The number of nitrogens with zero attached hydrogens (tertiary/aromatic N) is 1. The van der Waals surface area contributed by atoms with Crippen LogP contribution in [0.3, 0.4) is 0 Å². The molecule has 184 valence electrons. The van der Waals surface area contributed by atoms with Crippen molar-refractivity contribution < 1.29 is 19.1 Å². The number of ether oxygens (including phenoxy) is 2. The Morgan fingerprint density at radius 3 is 2.56 bits per heavy atom. The highest BCUT2D eigenvalue weighted by Gasteiger charge is 2.34. The highest BCUT2D eigenvalue weighted by atomic mass is 35.5. The maximum Gasteiger partial charge on any atom is 0.270 e. The number of rotatable bonds is 8. The first-order valence-corrected chi connectivity index (χ1v) is 12.7. The van der Waals surface area contributed by atoms with Crippen molar-refractivity contribution in [3.8, 4) is 11.5 Å². The standard InChI is InChI=1S/C27H23ClN2O4S2/c1-3-33-23-14-18(8-13-22(23)34-16-25(31)29-20-11-9-19(28)10-12-20)15-24-26(32)30(27(35)36-24)21-7-5-4-6-17(21)2/h4-15H,3,16H2,1-2H3,(H,29,31)/b24-15-. The molecule has 3 aromatic carbocycles. The number of thioether (sulfide) groups is 1. The molecule has 6 nitrogen and oxygen atoms in total. The topological polar surface area (TPSA) is 67.9 Å². The predicted molar refractivity (Wildman–Crippen MR) is 150 cm³/mol. The fourth-order valence-electron chi connectivity index (χ4n) is 3.52. The van der Waals surface area contributed by atoms with Gasteiger partial charge in [-0.05, 0) is 73.5 Å². The summed E-state index contributed by atoms with van der Waals surface area (Å²) in [4.78, 5) is 27.5. The van der Waals surface area contributed by atoms with E-state index in [0.29, 0.717) is 38.0 Å². The molecule has 1 N–H and O–H groups in total. The number of para-hydroxylation sites is 1. The summed E-state index contributed by atoms with van der Waals surface area (Å²) in [5, 5.41) is 3.34. The van der Waals surface area contributed by atoms with E-state index in [2.05, 4.69) is 5.32 Å². The summed E-state index contributed by atoms with van der Waals surface area (Å²) >= 11 is 12.6. The molecular formula is C27H23ClN2O4S2. The Labute approximate surface area is 224 Å². The Morgan fingerprint density at radius 1 is 1.08 bits per heavy atom. The number of halogens is 1. The van der Waals surface area contributed by atoms with Crippen molar-refractivity contribution in [2.75, 3.05) is 23.4 Å². The van der Waals surface area contributed by atoms with E-state index < -0.39 is 0 Å². The summed E-state index contributed by atoms with van der Waals surface area (Å²) in [5.41, 5.74) is 3.12. The van der Waals surface area contributed by atoms with Crippen LogP contribution < -0.4 is 19.7 Å². The molecule has 0 saturated carbocycles. The van der Waals surface area contributed by atoms with Gasteiger partial charge >= 0.3 is 0 Å². The largest absolute Gasteiger partial charge is 0.490 e. The highest BCUT2D eigenvalue weighted by molar-refractivity contribution is 8.27. The Morgan fingerprint density at radius 2 is 1.83 bits per heavy atom. The van der Waals surface area contributed by atoms with Crippen molar-refractivity contribution in [3.63, 3.8) is 0 Å². The fourth-order valence-corrected chi connectivity index (χ4v) is 4.93. The van der Waals surface area contributed by atoms with Crippen molar-refractivity contribution in [3.05, 3.63) is 87.8 Å². The number of aryl methyl sites for hydroxylation is 1. The van der Waals surface area contributed by atoms with E-state index in [4.69, 9.17) is 33.3 Å². The molecule has 0 atom stereocenters.